The van der Waals surface area contributed by atoms with Gasteiger partial charge in [-0.15, -0.1) is 0 Å². The Hall–Kier alpha value is -0.0800. The molecule has 4 saturated carbocycles. The summed E-state index contributed by atoms with van der Waals surface area (Å²) in [5.41, 5.74) is 0. The summed E-state index contributed by atoms with van der Waals surface area (Å²) in [6.45, 7) is 0.856. The molecule has 0 amide bonds. The van der Waals surface area contributed by atoms with Crippen LogP contribution in [0.15, 0.2) is 0 Å². The van der Waals surface area contributed by atoms with Crippen molar-refractivity contribution in [2.75, 3.05) is 13.2 Å². The van der Waals surface area contributed by atoms with Crippen LogP contribution in [0, 0.1) is 47.3 Å². The van der Waals surface area contributed by atoms with Crippen molar-refractivity contribution in [1.82, 2.24) is 0 Å². The van der Waals surface area contributed by atoms with Crippen LogP contribution in [0.2, 0.25) is 0 Å². The summed E-state index contributed by atoms with van der Waals surface area (Å²) in [7, 11) is 0. The molecule has 0 aromatic rings. The Balaban J connectivity index is 1.26. The minimum atomic E-state index is 0.428. The van der Waals surface area contributed by atoms with E-state index in [2.05, 4.69) is 0 Å². The van der Waals surface area contributed by atoms with Gasteiger partial charge in [-0.3, -0.25) is 0 Å². The molecule has 0 aromatic carbocycles. The Morgan fingerprint density at radius 3 is 1.25 bits per heavy atom. The number of aliphatic hydroxyl groups is 2. The third kappa shape index (κ3) is 1.46. The summed E-state index contributed by atoms with van der Waals surface area (Å²) >= 11 is 0. The second-order valence-electron chi connectivity index (χ2n) is 6.81. The van der Waals surface area contributed by atoms with Crippen molar-refractivity contribution in [3.05, 3.63) is 0 Å². The van der Waals surface area contributed by atoms with Crippen molar-refractivity contribution in [3.8, 4) is 0 Å². The van der Waals surface area contributed by atoms with Gasteiger partial charge in [0.1, 0.15) is 0 Å². The third-order valence-electron chi connectivity index (χ3n) is 5.86. The highest BCUT2D eigenvalue weighted by atomic mass is 16.3. The van der Waals surface area contributed by atoms with Crippen LogP contribution in [-0.4, -0.2) is 23.4 Å². The number of rotatable bonds is 5. The van der Waals surface area contributed by atoms with Crippen molar-refractivity contribution in [1.29, 1.82) is 0 Å². The zero-order valence-corrected chi connectivity index (χ0v) is 9.76. The second-order valence-corrected chi connectivity index (χ2v) is 6.81. The smallest absolute Gasteiger partial charge is 0.0462 e. The first-order valence-electron chi connectivity index (χ1n) is 7.05. The molecule has 4 aliphatic carbocycles. The van der Waals surface area contributed by atoms with Gasteiger partial charge in [0.25, 0.3) is 0 Å². The lowest BCUT2D eigenvalue weighted by atomic mass is 10.1. The maximum Gasteiger partial charge on any atom is 0.0462 e. The maximum absolute atomic E-state index is 9.08. The molecule has 0 unspecified atom stereocenters. The average molecular weight is 222 g/mol. The van der Waals surface area contributed by atoms with Crippen molar-refractivity contribution in [2.45, 2.75) is 25.7 Å². The molecule has 90 valence electrons. The van der Waals surface area contributed by atoms with Crippen molar-refractivity contribution in [2.24, 2.45) is 47.3 Å². The minimum absolute atomic E-state index is 0.428. The van der Waals surface area contributed by atoms with E-state index < -0.39 is 0 Å². The van der Waals surface area contributed by atoms with Crippen molar-refractivity contribution < 1.29 is 10.2 Å². The standard InChI is InChI=1S/C14H22O2/c15-5-7-1-9(7)11-3-13(11)14-4-12(14)10-2-8(10)6-16/h7-16H,1-6H2/t7-,8-,9+,10+,11+,12+,13-,14-/m1/s1. The fourth-order valence-electron chi connectivity index (χ4n) is 4.45. The average Bonchev–Trinajstić information content (AvgIpc) is 3.20. The van der Waals surface area contributed by atoms with Gasteiger partial charge >= 0.3 is 0 Å². The molecule has 0 spiro atoms. The summed E-state index contributed by atoms with van der Waals surface area (Å²) in [6.07, 6.45) is 5.52. The van der Waals surface area contributed by atoms with Gasteiger partial charge in [-0.1, -0.05) is 0 Å². The summed E-state index contributed by atoms with van der Waals surface area (Å²) in [6, 6.07) is 0. The predicted molar refractivity (Wildman–Crippen MR) is 60.6 cm³/mol. The Labute approximate surface area is 97.0 Å². The SMILES string of the molecule is OC[C@H]1C[C@@H]1[C@@H]1C[C@H]1[C@@H]1C[C@H]1[C@H]1C[C@@H]1CO. The first kappa shape index (κ1) is 9.90. The van der Waals surface area contributed by atoms with Crippen LogP contribution in [0.1, 0.15) is 25.7 Å². The van der Waals surface area contributed by atoms with Crippen LogP contribution in [0.5, 0.6) is 0 Å². The lowest BCUT2D eigenvalue weighted by Crippen LogP contribution is -1.97. The predicted octanol–water partition coefficient (Wildman–Crippen LogP) is 1.52. The van der Waals surface area contributed by atoms with E-state index in [-0.39, 0.29) is 0 Å². The van der Waals surface area contributed by atoms with E-state index >= 15 is 0 Å². The fraction of sp³-hybridized carbons (Fsp3) is 1.00. The molecule has 0 aromatic heterocycles. The molecule has 2 N–H and O–H groups in total. The molecule has 2 nitrogen and oxygen atoms in total. The molecule has 0 saturated heterocycles. The molecule has 2 heteroatoms. The van der Waals surface area contributed by atoms with Crippen LogP contribution >= 0.6 is 0 Å². The Morgan fingerprint density at radius 1 is 0.562 bits per heavy atom. The van der Waals surface area contributed by atoms with Gasteiger partial charge in [0.15, 0.2) is 0 Å². The molecule has 4 fully saturated rings. The van der Waals surface area contributed by atoms with Gasteiger partial charge in [-0.25, -0.2) is 0 Å². The fourth-order valence-corrected chi connectivity index (χ4v) is 4.45. The Kier molecular flexibility index (Phi) is 2.00. The van der Waals surface area contributed by atoms with Gasteiger partial charge in [0.05, 0.1) is 0 Å². The number of aliphatic hydroxyl groups excluding tert-OH is 2. The molecule has 4 aliphatic rings. The molecular formula is C14H22O2. The molecule has 0 bridgehead atoms. The van der Waals surface area contributed by atoms with Crippen LogP contribution < -0.4 is 0 Å². The van der Waals surface area contributed by atoms with Crippen LogP contribution in [0.25, 0.3) is 0 Å². The van der Waals surface area contributed by atoms with E-state index in [1.54, 1.807) is 0 Å². The van der Waals surface area contributed by atoms with Gasteiger partial charge in [0.2, 0.25) is 0 Å². The molecule has 0 heterocycles. The zero-order chi connectivity index (χ0) is 10.9. The van der Waals surface area contributed by atoms with E-state index in [9.17, 15) is 0 Å². The van der Waals surface area contributed by atoms with E-state index in [1.807, 2.05) is 0 Å². The summed E-state index contributed by atoms with van der Waals surface area (Å²) in [5.74, 6) is 7.12. The first-order chi connectivity index (χ1) is 7.83. The van der Waals surface area contributed by atoms with Crippen molar-refractivity contribution >= 4 is 0 Å². The number of hydrogen-bond acceptors (Lipinski definition) is 2. The van der Waals surface area contributed by atoms with Crippen LogP contribution in [0.3, 0.4) is 0 Å². The Morgan fingerprint density at radius 2 is 0.938 bits per heavy atom. The first-order valence-corrected chi connectivity index (χ1v) is 7.05. The highest BCUT2D eigenvalue weighted by Gasteiger charge is 2.63. The highest BCUT2D eigenvalue weighted by Crippen LogP contribution is 2.69. The van der Waals surface area contributed by atoms with Crippen molar-refractivity contribution in [3.63, 3.8) is 0 Å². The van der Waals surface area contributed by atoms with E-state index in [0.29, 0.717) is 25.0 Å². The van der Waals surface area contributed by atoms with Gasteiger partial charge < -0.3 is 10.2 Å². The normalized spacial score (nSPS) is 61.9. The number of hydrogen-bond donors (Lipinski definition) is 2. The largest absolute Gasteiger partial charge is 0.396 e. The van der Waals surface area contributed by atoms with Gasteiger partial charge in [-0.2, -0.15) is 0 Å². The zero-order valence-electron chi connectivity index (χ0n) is 9.76. The topological polar surface area (TPSA) is 40.5 Å². The lowest BCUT2D eigenvalue weighted by molar-refractivity contribution is 0.262. The summed E-state index contributed by atoms with van der Waals surface area (Å²) < 4.78 is 0. The quantitative estimate of drug-likeness (QED) is 0.740. The van der Waals surface area contributed by atoms with Crippen LogP contribution in [-0.2, 0) is 0 Å². The lowest BCUT2D eigenvalue weighted by Gasteiger charge is -1.98. The minimum Gasteiger partial charge on any atom is -0.396 e. The Bertz CT molecular complexity index is 273. The summed E-state index contributed by atoms with van der Waals surface area (Å²) in [5, 5.41) is 18.2. The summed E-state index contributed by atoms with van der Waals surface area (Å²) in [4.78, 5) is 0. The molecule has 8 atom stereocenters. The molecule has 0 aliphatic heterocycles. The maximum atomic E-state index is 9.08. The van der Waals surface area contributed by atoms with Gasteiger partial charge in [0, 0.05) is 13.2 Å². The molecule has 4 rings (SSSR count). The van der Waals surface area contributed by atoms with E-state index in [1.165, 1.54) is 25.7 Å². The molecule has 16 heavy (non-hydrogen) atoms. The van der Waals surface area contributed by atoms with E-state index in [0.717, 1.165) is 35.5 Å². The third-order valence-corrected chi connectivity index (χ3v) is 5.86. The molecular weight excluding hydrogens is 200 g/mol. The molecule has 0 radical (unpaired) electrons. The van der Waals surface area contributed by atoms with E-state index in [4.69, 9.17) is 10.2 Å². The van der Waals surface area contributed by atoms with Gasteiger partial charge in [-0.05, 0) is 73.0 Å². The monoisotopic (exact) mass is 222 g/mol. The second kappa shape index (κ2) is 3.23. The van der Waals surface area contributed by atoms with Crippen LogP contribution in [0.4, 0.5) is 0 Å². The highest BCUT2D eigenvalue weighted by molar-refractivity contribution is 5.12.